The molecule has 0 fully saturated rings. The van der Waals surface area contributed by atoms with Gasteiger partial charge in [0.05, 0.1) is 56.9 Å². The summed E-state index contributed by atoms with van der Waals surface area (Å²) >= 11 is 0. The Balaban J connectivity index is 0. The number of hydrogen-bond donors (Lipinski definition) is 13. The van der Waals surface area contributed by atoms with Crippen LogP contribution in [0.1, 0.15) is 19.8 Å². The second kappa shape index (κ2) is 27.0. The minimum atomic E-state index is -1.67. The van der Waals surface area contributed by atoms with E-state index >= 15 is 0 Å². The number of nitrogens with zero attached hydrogens (tertiary/aromatic N) is 1. The minimum Gasteiger partial charge on any atom is -0.447 e. The summed E-state index contributed by atoms with van der Waals surface area (Å²) in [5.74, 6) is 0. The minimum absolute atomic E-state index is 0.210. The molecule has 1 amide bonds. The number of hydrogen-bond acceptors (Lipinski definition) is 17. The maximum absolute atomic E-state index is 11.2. The third-order valence-corrected chi connectivity index (χ3v) is 5.75. The van der Waals surface area contributed by atoms with Crippen molar-refractivity contribution in [2.75, 3.05) is 79.5 Å². The zero-order chi connectivity index (χ0) is 33.4. The van der Waals surface area contributed by atoms with Crippen LogP contribution in [0.3, 0.4) is 0 Å². The number of carbonyl (C=O) groups is 1. The molecule has 0 aliphatic heterocycles. The SMILES string of the molecule is CCNC(=O)OCC(O)COCC(O)COCC(O)CN(CC(O)C(O)C(O)CCO)CC(O)C(O)C(O)CCO.CO. The van der Waals surface area contributed by atoms with Crippen molar-refractivity contribution in [1.82, 2.24) is 10.2 Å². The first-order chi connectivity index (χ1) is 20.4. The summed E-state index contributed by atoms with van der Waals surface area (Å²) < 4.78 is 15.1. The summed E-state index contributed by atoms with van der Waals surface area (Å²) in [5, 5.41) is 118. The molecule has 0 aliphatic carbocycles. The molecule has 18 heteroatoms. The second-order valence-corrected chi connectivity index (χ2v) is 9.66. The summed E-state index contributed by atoms with van der Waals surface area (Å²) in [6, 6.07) is 0. The Morgan fingerprint density at radius 2 is 1.02 bits per heavy atom. The zero-order valence-corrected chi connectivity index (χ0v) is 24.8. The van der Waals surface area contributed by atoms with Crippen molar-refractivity contribution in [3.63, 3.8) is 0 Å². The molecule has 13 N–H and O–H groups in total. The average molecular weight is 639 g/mol. The van der Waals surface area contributed by atoms with Gasteiger partial charge in [0, 0.05) is 46.5 Å². The van der Waals surface area contributed by atoms with Crippen molar-refractivity contribution in [3.05, 3.63) is 0 Å². The van der Waals surface area contributed by atoms with Crippen molar-refractivity contribution in [1.29, 1.82) is 0 Å². The quantitative estimate of drug-likeness (QED) is 0.0442. The maximum Gasteiger partial charge on any atom is 0.407 e. The maximum atomic E-state index is 11.2. The zero-order valence-electron chi connectivity index (χ0n) is 24.8. The van der Waals surface area contributed by atoms with Crippen LogP contribution in [0.15, 0.2) is 0 Å². The van der Waals surface area contributed by atoms with Crippen molar-refractivity contribution < 1.29 is 80.3 Å². The smallest absolute Gasteiger partial charge is 0.407 e. The molecule has 0 saturated heterocycles. The molecule has 43 heavy (non-hydrogen) atoms. The third-order valence-electron chi connectivity index (χ3n) is 5.75. The van der Waals surface area contributed by atoms with E-state index in [-0.39, 0.29) is 52.4 Å². The van der Waals surface area contributed by atoms with Crippen LogP contribution in [-0.2, 0) is 14.2 Å². The molecule has 0 aromatic heterocycles. The standard InChI is InChI=1S/C24H50N2O15.CH4O/c1-2-25-24(38)41-14-17(31)13-40-12-16(30)11-39-10-15(29)7-26(8-20(34)22(36)18(32)3-5-27)9-21(35)23(37)19(33)4-6-28;1-2/h15-23,27-37H,2-14H2,1H3,(H,25,38);2H,1H3. The van der Waals surface area contributed by atoms with E-state index in [0.717, 1.165) is 7.11 Å². The van der Waals surface area contributed by atoms with Gasteiger partial charge in [0.15, 0.2) is 0 Å². The summed E-state index contributed by atoms with van der Waals surface area (Å²) in [5.41, 5.74) is 0. The number of nitrogens with one attached hydrogen (secondary N) is 1. The Morgan fingerprint density at radius 1 is 0.628 bits per heavy atom. The van der Waals surface area contributed by atoms with Crippen molar-refractivity contribution in [2.24, 2.45) is 0 Å². The van der Waals surface area contributed by atoms with Crippen molar-refractivity contribution in [3.8, 4) is 0 Å². The molecule has 0 aliphatic rings. The van der Waals surface area contributed by atoms with Crippen LogP contribution in [0.4, 0.5) is 4.79 Å². The van der Waals surface area contributed by atoms with Gasteiger partial charge in [-0.15, -0.1) is 0 Å². The first kappa shape index (κ1) is 43.8. The monoisotopic (exact) mass is 638 g/mol. The van der Waals surface area contributed by atoms with Crippen LogP contribution in [0, 0.1) is 0 Å². The molecule has 0 heterocycles. The van der Waals surface area contributed by atoms with Gasteiger partial charge in [0.2, 0.25) is 0 Å². The Bertz CT molecular complexity index is 628. The summed E-state index contributed by atoms with van der Waals surface area (Å²) in [6.07, 6.45) is -14.0. The van der Waals surface area contributed by atoms with E-state index in [1.54, 1.807) is 6.92 Å². The highest BCUT2D eigenvalue weighted by atomic mass is 16.6. The topological polar surface area (TPSA) is 303 Å². The normalized spacial score (nSPS) is 17.9. The lowest BCUT2D eigenvalue weighted by molar-refractivity contribution is -0.0992. The summed E-state index contributed by atoms with van der Waals surface area (Å²) in [6.45, 7) is -1.25. The lowest BCUT2D eigenvalue weighted by Gasteiger charge is -2.33. The van der Waals surface area contributed by atoms with E-state index in [1.807, 2.05) is 0 Å². The largest absolute Gasteiger partial charge is 0.447 e. The molecule has 0 aromatic rings. The fourth-order valence-corrected chi connectivity index (χ4v) is 3.58. The Hall–Kier alpha value is -1.33. The average Bonchev–Trinajstić information content (AvgIpc) is 2.96. The fourth-order valence-electron chi connectivity index (χ4n) is 3.58. The van der Waals surface area contributed by atoms with Gasteiger partial charge < -0.3 is 80.8 Å². The molecular formula is C25H54N2O16. The summed E-state index contributed by atoms with van der Waals surface area (Å²) in [4.78, 5) is 12.4. The molecule has 0 radical (unpaired) electrons. The molecule has 0 spiro atoms. The van der Waals surface area contributed by atoms with Crippen LogP contribution in [-0.4, -0.2) is 207 Å². The van der Waals surface area contributed by atoms with Crippen LogP contribution in [0.5, 0.6) is 0 Å². The highest BCUT2D eigenvalue weighted by molar-refractivity contribution is 5.66. The Labute approximate surface area is 251 Å². The van der Waals surface area contributed by atoms with E-state index < -0.39 is 87.3 Å². The number of aliphatic hydroxyl groups is 12. The molecule has 0 bridgehead atoms. The van der Waals surface area contributed by atoms with Crippen molar-refractivity contribution >= 4 is 6.09 Å². The Kier molecular flexibility index (Phi) is 27.5. The van der Waals surface area contributed by atoms with Gasteiger partial charge in [-0.2, -0.15) is 0 Å². The van der Waals surface area contributed by atoms with E-state index in [9.17, 15) is 50.8 Å². The van der Waals surface area contributed by atoms with Gasteiger partial charge in [0.1, 0.15) is 31.0 Å². The van der Waals surface area contributed by atoms with Gasteiger partial charge in [0.25, 0.3) is 0 Å². The predicted molar refractivity (Wildman–Crippen MR) is 149 cm³/mol. The number of alkyl carbamates (subject to hydrolysis) is 1. The van der Waals surface area contributed by atoms with Crippen LogP contribution in [0.25, 0.3) is 0 Å². The van der Waals surface area contributed by atoms with Gasteiger partial charge in [-0.25, -0.2) is 4.79 Å². The first-order valence-corrected chi connectivity index (χ1v) is 13.9. The second-order valence-electron chi connectivity index (χ2n) is 9.66. The molecule has 0 rings (SSSR count). The van der Waals surface area contributed by atoms with Crippen molar-refractivity contribution in [2.45, 2.75) is 74.7 Å². The lowest BCUT2D eigenvalue weighted by atomic mass is 10.0. The number of rotatable bonds is 25. The molecule has 0 saturated carbocycles. The first-order valence-electron chi connectivity index (χ1n) is 13.9. The van der Waals surface area contributed by atoms with E-state index in [0.29, 0.717) is 6.54 Å². The van der Waals surface area contributed by atoms with E-state index in [4.69, 9.17) is 29.5 Å². The van der Waals surface area contributed by atoms with Gasteiger partial charge in [-0.3, -0.25) is 4.90 Å². The van der Waals surface area contributed by atoms with Gasteiger partial charge >= 0.3 is 6.09 Å². The highest BCUT2D eigenvalue weighted by Gasteiger charge is 2.31. The Morgan fingerprint density at radius 3 is 1.42 bits per heavy atom. The van der Waals surface area contributed by atoms with Crippen LogP contribution < -0.4 is 5.32 Å². The van der Waals surface area contributed by atoms with Crippen LogP contribution >= 0.6 is 0 Å². The predicted octanol–water partition coefficient (Wildman–Crippen LogP) is -6.31. The summed E-state index contributed by atoms with van der Waals surface area (Å²) in [7, 11) is 1.00. The molecular weight excluding hydrogens is 584 g/mol. The number of ether oxygens (including phenoxy) is 3. The number of amides is 1. The van der Waals surface area contributed by atoms with Crippen LogP contribution in [0.2, 0.25) is 0 Å². The molecule has 9 unspecified atom stereocenters. The molecule has 0 aromatic carbocycles. The third kappa shape index (κ3) is 21.9. The van der Waals surface area contributed by atoms with Gasteiger partial charge in [-0.1, -0.05) is 0 Å². The number of carbonyl (C=O) groups excluding carboxylic acids is 1. The fraction of sp³-hybridized carbons (Fsp3) is 0.960. The van der Waals surface area contributed by atoms with E-state index in [2.05, 4.69) is 5.32 Å². The van der Waals surface area contributed by atoms with Gasteiger partial charge in [-0.05, 0) is 19.8 Å². The highest BCUT2D eigenvalue weighted by Crippen LogP contribution is 2.11. The van der Waals surface area contributed by atoms with E-state index in [1.165, 1.54) is 4.90 Å². The molecule has 260 valence electrons. The molecule has 9 atom stereocenters. The lowest BCUT2D eigenvalue weighted by Crippen LogP contribution is -2.51. The molecule has 18 nitrogen and oxygen atoms in total. The number of aliphatic hydroxyl groups excluding tert-OH is 12.